The molecule has 1 N–H and O–H groups in total. The van der Waals surface area contributed by atoms with Gasteiger partial charge in [-0.05, 0) is 75.0 Å². The minimum absolute atomic E-state index is 0.301. The maximum absolute atomic E-state index is 13.4. The van der Waals surface area contributed by atoms with Crippen molar-refractivity contribution in [3.8, 4) is 5.75 Å². The fourth-order valence-electron chi connectivity index (χ4n) is 4.41. The summed E-state index contributed by atoms with van der Waals surface area (Å²) in [7, 11) is 2.08. The normalized spacial score (nSPS) is 16.5. The Hall–Kier alpha value is -2.57. The monoisotopic (exact) mass is 424 g/mol. The van der Waals surface area contributed by atoms with E-state index < -0.39 is 10.0 Å². The van der Waals surface area contributed by atoms with Gasteiger partial charge in [0, 0.05) is 17.0 Å². The van der Waals surface area contributed by atoms with Gasteiger partial charge in [-0.1, -0.05) is 30.3 Å². The molecule has 0 aromatic heterocycles. The molecular weight excluding hydrogens is 396 g/mol. The van der Waals surface area contributed by atoms with E-state index in [4.69, 9.17) is 4.74 Å². The third-order valence-electron chi connectivity index (χ3n) is 6.14. The number of nitrogens with one attached hydrogen (secondary N) is 1. The minimum atomic E-state index is -3.74. The van der Waals surface area contributed by atoms with Crippen molar-refractivity contribution in [1.82, 2.24) is 4.90 Å². The van der Waals surface area contributed by atoms with Crippen LogP contribution in [0.3, 0.4) is 0 Å². The van der Waals surface area contributed by atoms with Gasteiger partial charge < -0.3 is 9.64 Å². The van der Waals surface area contributed by atoms with Crippen LogP contribution in [0.2, 0.25) is 0 Å². The number of rotatable bonds is 5. The molecule has 0 aliphatic heterocycles. The number of nitrogens with zero attached hydrogens (tertiary/aromatic N) is 1. The van der Waals surface area contributed by atoms with Crippen LogP contribution >= 0.6 is 0 Å². The number of methoxy groups -OCH3 is 1. The van der Waals surface area contributed by atoms with Crippen LogP contribution in [0.4, 0.5) is 5.69 Å². The highest BCUT2D eigenvalue weighted by Gasteiger charge is 2.27. The fraction of sp³-hybridized carbons (Fsp3) is 0.333. The Bertz CT molecular complexity index is 1200. The van der Waals surface area contributed by atoms with E-state index in [1.807, 2.05) is 49.4 Å². The summed E-state index contributed by atoms with van der Waals surface area (Å²) >= 11 is 0. The molecule has 1 atom stereocenters. The molecule has 0 spiro atoms. The number of benzene rings is 3. The van der Waals surface area contributed by atoms with E-state index in [9.17, 15) is 8.42 Å². The van der Waals surface area contributed by atoms with E-state index in [0.717, 1.165) is 52.5 Å². The standard InChI is InChI=1S/C24H28N2O3S/c1-16-9-14-24(20-8-6-5-7-18(16)20)30(27,28)25-22-12-13-23(29-4)21-15-17(26(2)3)10-11-19(21)22/h5-9,12-14,17,25H,10-11,15H2,1-4H3/t17-/m0/s1. The highest BCUT2D eigenvalue weighted by molar-refractivity contribution is 7.93. The Labute approximate surface area is 178 Å². The number of hydrogen-bond acceptors (Lipinski definition) is 4. The third kappa shape index (κ3) is 3.66. The molecule has 3 aromatic carbocycles. The van der Waals surface area contributed by atoms with E-state index in [-0.39, 0.29) is 0 Å². The van der Waals surface area contributed by atoms with Crippen LogP contribution in [0, 0.1) is 6.92 Å². The first-order valence-corrected chi connectivity index (χ1v) is 11.7. The molecule has 0 bridgehead atoms. The Balaban J connectivity index is 1.77. The summed E-state index contributed by atoms with van der Waals surface area (Å²) in [5.41, 5.74) is 3.83. The van der Waals surface area contributed by atoms with Crippen molar-refractivity contribution in [2.24, 2.45) is 0 Å². The van der Waals surface area contributed by atoms with Gasteiger partial charge in [0.1, 0.15) is 5.75 Å². The minimum Gasteiger partial charge on any atom is -0.496 e. The SMILES string of the molecule is COc1ccc(NS(=O)(=O)c2ccc(C)c3ccccc23)c2c1C[C@@H](N(C)C)CC2. The van der Waals surface area contributed by atoms with E-state index in [1.165, 1.54) is 0 Å². The van der Waals surface area contributed by atoms with Gasteiger partial charge >= 0.3 is 0 Å². The second-order valence-electron chi connectivity index (χ2n) is 8.16. The molecule has 0 radical (unpaired) electrons. The maximum atomic E-state index is 13.4. The second kappa shape index (κ2) is 7.93. The average Bonchev–Trinajstić information content (AvgIpc) is 2.73. The fourth-order valence-corrected chi connectivity index (χ4v) is 5.72. The lowest BCUT2D eigenvalue weighted by atomic mass is 9.86. The van der Waals surface area contributed by atoms with Crippen LogP contribution in [-0.2, 0) is 22.9 Å². The predicted molar refractivity (Wildman–Crippen MR) is 122 cm³/mol. The molecule has 1 aliphatic carbocycles. The number of sulfonamides is 1. The van der Waals surface area contributed by atoms with Crippen molar-refractivity contribution >= 4 is 26.5 Å². The maximum Gasteiger partial charge on any atom is 0.262 e. The van der Waals surface area contributed by atoms with Gasteiger partial charge in [0.05, 0.1) is 17.7 Å². The summed E-state index contributed by atoms with van der Waals surface area (Å²) < 4.78 is 35.2. The number of aryl methyl sites for hydroxylation is 1. The zero-order valence-electron chi connectivity index (χ0n) is 17.9. The van der Waals surface area contributed by atoms with E-state index in [0.29, 0.717) is 16.6 Å². The number of likely N-dealkylation sites (N-methyl/N-ethyl adjacent to an activating group) is 1. The van der Waals surface area contributed by atoms with Gasteiger partial charge in [0.2, 0.25) is 0 Å². The lowest BCUT2D eigenvalue weighted by Crippen LogP contribution is -2.34. The summed E-state index contributed by atoms with van der Waals surface area (Å²) in [6.07, 6.45) is 2.63. The first-order valence-electron chi connectivity index (χ1n) is 10.2. The van der Waals surface area contributed by atoms with Crippen molar-refractivity contribution in [1.29, 1.82) is 0 Å². The number of hydrogen-bond donors (Lipinski definition) is 1. The lowest BCUT2D eigenvalue weighted by molar-refractivity contribution is 0.265. The van der Waals surface area contributed by atoms with Gasteiger partial charge in [0.25, 0.3) is 10.0 Å². The van der Waals surface area contributed by atoms with Gasteiger partial charge in [-0.25, -0.2) is 8.42 Å². The molecule has 4 rings (SSSR count). The highest BCUT2D eigenvalue weighted by atomic mass is 32.2. The molecule has 30 heavy (non-hydrogen) atoms. The van der Waals surface area contributed by atoms with Crippen molar-refractivity contribution in [2.45, 2.75) is 37.1 Å². The summed E-state index contributed by atoms with van der Waals surface area (Å²) in [5.74, 6) is 0.820. The lowest BCUT2D eigenvalue weighted by Gasteiger charge is -2.32. The quantitative estimate of drug-likeness (QED) is 0.661. The summed E-state index contributed by atoms with van der Waals surface area (Å²) in [6, 6.07) is 15.3. The molecule has 3 aromatic rings. The van der Waals surface area contributed by atoms with Crippen LogP contribution in [0.15, 0.2) is 53.4 Å². The molecule has 0 unspecified atom stereocenters. The number of fused-ring (bicyclic) bond motifs is 2. The van der Waals surface area contributed by atoms with Crippen molar-refractivity contribution in [3.63, 3.8) is 0 Å². The number of anilines is 1. The molecule has 158 valence electrons. The molecule has 0 fully saturated rings. The van der Waals surface area contributed by atoms with E-state index >= 15 is 0 Å². The smallest absolute Gasteiger partial charge is 0.262 e. The molecule has 0 amide bonds. The first-order chi connectivity index (χ1) is 14.3. The molecular formula is C24H28N2O3S. The largest absolute Gasteiger partial charge is 0.496 e. The second-order valence-corrected chi connectivity index (χ2v) is 9.82. The zero-order valence-corrected chi connectivity index (χ0v) is 18.7. The Kier molecular flexibility index (Phi) is 5.47. The van der Waals surface area contributed by atoms with Crippen LogP contribution in [0.25, 0.3) is 10.8 Å². The molecule has 1 aliphatic rings. The molecule has 5 nitrogen and oxygen atoms in total. The van der Waals surface area contributed by atoms with Crippen LogP contribution < -0.4 is 9.46 Å². The van der Waals surface area contributed by atoms with Crippen LogP contribution in [0.1, 0.15) is 23.1 Å². The Morgan fingerprint density at radius 1 is 1.00 bits per heavy atom. The average molecular weight is 425 g/mol. The summed E-state index contributed by atoms with van der Waals surface area (Å²) in [6.45, 7) is 1.99. The molecule has 0 saturated heterocycles. The van der Waals surface area contributed by atoms with Gasteiger partial charge in [-0.3, -0.25) is 4.72 Å². The third-order valence-corrected chi connectivity index (χ3v) is 7.57. The van der Waals surface area contributed by atoms with Gasteiger partial charge in [0.15, 0.2) is 0 Å². The van der Waals surface area contributed by atoms with Crippen LogP contribution in [0.5, 0.6) is 5.75 Å². The Morgan fingerprint density at radius 3 is 2.43 bits per heavy atom. The van der Waals surface area contributed by atoms with Crippen molar-refractivity contribution in [2.75, 3.05) is 25.9 Å². The van der Waals surface area contributed by atoms with E-state index in [1.54, 1.807) is 13.2 Å². The van der Waals surface area contributed by atoms with Gasteiger partial charge in [-0.15, -0.1) is 0 Å². The Morgan fingerprint density at radius 2 is 1.73 bits per heavy atom. The highest BCUT2D eigenvalue weighted by Crippen LogP contribution is 2.37. The number of ether oxygens (including phenoxy) is 1. The van der Waals surface area contributed by atoms with Crippen molar-refractivity contribution in [3.05, 3.63) is 65.2 Å². The van der Waals surface area contributed by atoms with Gasteiger partial charge in [-0.2, -0.15) is 0 Å². The molecule has 0 saturated carbocycles. The molecule has 0 heterocycles. The summed E-state index contributed by atoms with van der Waals surface area (Å²) in [5, 5.41) is 1.69. The van der Waals surface area contributed by atoms with E-state index in [2.05, 4.69) is 23.7 Å². The topological polar surface area (TPSA) is 58.6 Å². The van der Waals surface area contributed by atoms with Crippen LogP contribution in [-0.4, -0.2) is 40.6 Å². The molecule has 6 heteroatoms. The first kappa shape index (κ1) is 20.7. The predicted octanol–water partition coefficient (Wildman–Crippen LogP) is 4.38. The summed E-state index contributed by atoms with van der Waals surface area (Å²) in [4.78, 5) is 2.52. The zero-order chi connectivity index (χ0) is 21.5. The van der Waals surface area contributed by atoms with Crippen molar-refractivity contribution < 1.29 is 13.2 Å².